The van der Waals surface area contributed by atoms with Crippen LogP contribution in [-0.4, -0.2) is 32.3 Å². The standard InChI is InChI=1S/C22H24N4O2S/c27-20(23-10-4-11-25-12-9-15-5-1-2-8-19(15)25)13-16-14-29-22-24-18-7-3-6-17(18)21(28)26(16)22/h1-2,5,8-9,12,16H,3-4,6-7,10-11,13-14H2,(H,23,27). The van der Waals surface area contributed by atoms with Crippen LogP contribution in [0.4, 0.5) is 0 Å². The van der Waals surface area contributed by atoms with E-state index in [1.165, 1.54) is 10.9 Å². The van der Waals surface area contributed by atoms with Gasteiger partial charge in [0, 0.05) is 42.5 Å². The van der Waals surface area contributed by atoms with Crippen molar-refractivity contribution in [2.24, 2.45) is 0 Å². The highest BCUT2D eigenvalue weighted by molar-refractivity contribution is 7.99. The number of benzene rings is 1. The van der Waals surface area contributed by atoms with Crippen molar-refractivity contribution in [3.63, 3.8) is 0 Å². The summed E-state index contributed by atoms with van der Waals surface area (Å²) in [4.78, 5) is 30.0. The van der Waals surface area contributed by atoms with Gasteiger partial charge in [-0.3, -0.25) is 14.2 Å². The molecule has 0 saturated heterocycles. The third-order valence-corrected chi connectivity index (χ3v) is 6.97. The molecule has 3 heterocycles. The third-order valence-electron chi connectivity index (χ3n) is 5.87. The van der Waals surface area contributed by atoms with Crippen molar-refractivity contribution >= 4 is 28.6 Å². The van der Waals surface area contributed by atoms with Gasteiger partial charge in [0.1, 0.15) is 0 Å². The molecule has 1 unspecified atom stereocenters. The molecule has 2 aromatic heterocycles. The highest BCUT2D eigenvalue weighted by atomic mass is 32.2. The van der Waals surface area contributed by atoms with Crippen molar-refractivity contribution in [2.75, 3.05) is 12.3 Å². The number of para-hydroxylation sites is 1. The van der Waals surface area contributed by atoms with Crippen molar-refractivity contribution < 1.29 is 4.79 Å². The van der Waals surface area contributed by atoms with Crippen molar-refractivity contribution in [3.05, 3.63) is 58.1 Å². The monoisotopic (exact) mass is 408 g/mol. The van der Waals surface area contributed by atoms with E-state index < -0.39 is 0 Å². The predicted molar refractivity (Wildman–Crippen MR) is 114 cm³/mol. The van der Waals surface area contributed by atoms with Crippen molar-refractivity contribution in [1.82, 2.24) is 19.4 Å². The van der Waals surface area contributed by atoms with Crippen LogP contribution in [0.25, 0.3) is 10.9 Å². The molecule has 0 bridgehead atoms. The molecule has 7 heteroatoms. The second-order valence-electron chi connectivity index (χ2n) is 7.79. The fourth-order valence-corrected chi connectivity index (χ4v) is 5.56. The van der Waals surface area contributed by atoms with Crippen LogP contribution in [0.15, 0.2) is 46.5 Å². The molecule has 1 aliphatic carbocycles. The molecular weight excluding hydrogens is 384 g/mol. The Balaban J connectivity index is 1.16. The molecule has 1 N–H and O–H groups in total. The summed E-state index contributed by atoms with van der Waals surface area (Å²) < 4.78 is 3.98. The smallest absolute Gasteiger partial charge is 0.257 e. The lowest BCUT2D eigenvalue weighted by atomic mass is 10.2. The Morgan fingerprint density at radius 3 is 3.07 bits per heavy atom. The first-order valence-corrected chi connectivity index (χ1v) is 11.3. The molecule has 150 valence electrons. The van der Waals surface area contributed by atoms with E-state index in [0.29, 0.717) is 13.0 Å². The fourth-order valence-electron chi connectivity index (χ4n) is 4.40. The Labute approximate surface area is 173 Å². The summed E-state index contributed by atoms with van der Waals surface area (Å²) in [7, 11) is 0. The molecule has 2 aliphatic rings. The molecule has 29 heavy (non-hydrogen) atoms. The van der Waals surface area contributed by atoms with Gasteiger partial charge in [0.25, 0.3) is 5.56 Å². The molecule has 5 rings (SSSR count). The third kappa shape index (κ3) is 3.48. The molecule has 6 nitrogen and oxygen atoms in total. The van der Waals surface area contributed by atoms with Gasteiger partial charge in [-0.05, 0) is 43.2 Å². The van der Waals surface area contributed by atoms with E-state index in [4.69, 9.17) is 0 Å². The highest BCUT2D eigenvalue weighted by Crippen LogP contribution is 2.33. The summed E-state index contributed by atoms with van der Waals surface area (Å²) in [6, 6.07) is 10.3. The summed E-state index contributed by atoms with van der Waals surface area (Å²) in [5.74, 6) is 0.752. The minimum atomic E-state index is -0.0886. The Kier molecular flexibility index (Phi) is 4.91. The number of fused-ring (bicyclic) bond motifs is 3. The number of carbonyl (C=O) groups is 1. The molecule has 3 aromatic rings. The van der Waals surface area contributed by atoms with Crippen LogP contribution in [0.2, 0.25) is 0 Å². The van der Waals surface area contributed by atoms with E-state index in [9.17, 15) is 9.59 Å². The molecule has 1 aliphatic heterocycles. The number of thioether (sulfide) groups is 1. The lowest BCUT2D eigenvalue weighted by molar-refractivity contribution is -0.121. The molecule has 1 atom stereocenters. The predicted octanol–water partition coefficient (Wildman–Crippen LogP) is 2.93. The van der Waals surface area contributed by atoms with E-state index in [2.05, 4.69) is 39.3 Å². The minimum Gasteiger partial charge on any atom is -0.356 e. The Bertz CT molecular complexity index is 1130. The first-order valence-electron chi connectivity index (χ1n) is 10.3. The van der Waals surface area contributed by atoms with Gasteiger partial charge in [-0.2, -0.15) is 0 Å². The molecule has 1 aromatic carbocycles. The quantitative estimate of drug-likeness (QED) is 0.503. The van der Waals surface area contributed by atoms with Crippen LogP contribution < -0.4 is 10.9 Å². The number of nitrogens with one attached hydrogen (secondary N) is 1. The Hall–Kier alpha value is -2.54. The number of hydrogen-bond acceptors (Lipinski definition) is 4. The van der Waals surface area contributed by atoms with Crippen LogP contribution in [0, 0.1) is 0 Å². The summed E-state index contributed by atoms with van der Waals surface area (Å²) in [6.07, 6.45) is 6.03. The van der Waals surface area contributed by atoms with Gasteiger partial charge in [0.15, 0.2) is 5.16 Å². The zero-order chi connectivity index (χ0) is 19.8. The van der Waals surface area contributed by atoms with E-state index in [-0.39, 0.29) is 17.5 Å². The van der Waals surface area contributed by atoms with E-state index in [0.717, 1.165) is 54.4 Å². The van der Waals surface area contributed by atoms with Crippen LogP contribution in [0.5, 0.6) is 0 Å². The number of aryl methyl sites for hydroxylation is 2. The molecule has 0 radical (unpaired) electrons. The maximum atomic E-state index is 12.8. The van der Waals surface area contributed by atoms with Crippen molar-refractivity contribution in [2.45, 2.75) is 49.8 Å². The maximum Gasteiger partial charge on any atom is 0.257 e. The minimum absolute atomic E-state index is 0.00760. The van der Waals surface area contributed by atoms with Gasteiger partial charge in [-0.15, -0.1) is 0 Å². The summed E-state index contributed by atoms with van der Waals surface area (Å²) in [6.45, 7) is 1.50. The van der Waals surface area contributed by atoms with E-state index >= 15 is 0 Å². The van der Waals surface area contributed by atoms with Crippen LogP contribution >= 0.6 is 11.8 Å². The second-order valence-corrected chi connectivity index (χ2v) is 8.78. The molecule has 0 spiro atoms. The van der Waals surface area contributed by atoms with Crippen LogP contribution in [-0.2, 0) is 24.2 Å². The Morgan fingerprint density at radius 1 is 1.24 bits per heavy atom. The van der Waals surface area contributed by atoms with Crippen LogP contribution in [0.3, 0.4) is 0 Å². The van der Waals surface area contributed by atoms with E-state index in [1.807, 2.05) is 12.1 Å². The Morgan fingerprint density at radius 2 is 2.14 bits per heavy atom. The number of hydrogen-bond donors (Lipinski definition) is 1. The molecule has 0 saturated carbocycles. The largest absolute Gasteiger partial charge is 0.356 e. The number of amides is 1. The fraction of sp³-hybridized carbons (Fsp3) is 0.409. The average Bonchev–Trinajstić information content (AvgIpc) is 3.45. The molecule has 0 fully saturated rings. The highest BCUT2D eigenvalue weighted by Gasteiger charge is 2.30. The van der Waals surface area contributed by atoms with Gasteiger partial charge >= 0.3 is 0 Å². The average molecular weight is 409 g/mol. The molecule has 1 amide bonds. The zero-order valence-corrected chi connectivity index (χ0v) is 17.1. The number of nitrogens with zero attached hydrogens (tertiary/aromatic N) is 3. The van der Waals surface area contributed by atoms with Gasteiger partial charge in [0.2, 0.25) is 5.91 Å². The first kappa shape index (κ1) is 18.5. The zero-order valence-electron chi connectivity index (χ0n) is 16.3. The van der Waals surface area contributed by atoms with Gasteiger partial charge in [0.05, 0.1) is 11.7 Å². The topological polar surface area (TPSA) is 68.9 Å². The normalized spacial score (nSPS) is 17.4. The number of carbonyl (C=O) groups excluding carboxylic acids is 1. The lowest BCUT2D eigenvalue weighted by Gasteiger charge is -2.14. The van der Waals surface area contributed by atoms with Gasteiger partial charge in [-0.1, -0.05) is 30.0 Å². The van der Waals surface area contributed by atoms with Gasteiger partial charge in [-0.25, -0.2) is 4.98 Å². The van der Waals surface area contributed by atoms with Crippen LogP contribution in [0.1, 0.15) is 36.6 Å². The maximum absolute atomic E-state index is 12.8. The summed E-state index contributed by atoms with van der Waals surface area (Å²) in [5.41, 5.74) is 3.12. The number of rotatable bonds is 6. The summed E-state index contributed by atoms with van der Waals surface area (Å²) in [5, 5.41) is 5.05. The first-order chi connectivity index (χ1) is 14.2. The summed E-state index contributed by atoms with van der Waals surface area (Å²) >= 11 is 1.59. The van der Waals surface area contributed by atoms with Crippen molar-refractivity contribution in [3.8, 4) is 0 Å². The molecular formula is C22H24N4O2S. The second kappa shape index (κ2) is 7.71. The van der Waals surface area contributed by atoms with Gasteiger partial charge < -0.3 is 9.88 Å². The van der Waals surface area contributed by atoms with E-state index in [1.54, 1.807) is 16.3 Å². The lowest BCUT2D eigenvalue weighted by Crippen LogP contribution is -2.32. The SMILES string of the molecule is O=C(CC1CSc2nc3c(c(=O)n21)CCC3)NCCCn1ccc2ccccc21. The number of aromatic nitrogens is 3. The van der Waals surface area contributed by atoms with Crippen molar-refractivity contribution in [1.29, 1.82) is 0 Å².